The summed E-state index contributed by atoms with van der Waals surface area (Å²) in [7, 11) is 6.68. The number of hydrogen-bond donors (Lipinski definition) is 0. The van der Waals surface area contributed by atoms with Gasteiger partial charge >= 0.3 is 0 Å². The molecule has 0 heterocycles. The molecule has 1 atom stereocenters. The first kappa shape index (κ1) is 13.5. The average molecular weight is 260 g/mol. The van der Waals surface area contributed by atoms with Crippen LogP contribution in [0.5, 0.6) is 0 Å². The van der Waals surface area contributed by atoms with E-state index in [1.54, 1.807) is 0 Å². The van der Waals surface area contributed by atoms with E-state index in [0.29, 0.717) is 0 Å². The molecule has 1 unspecified atom stereocenters. The van der Waals surface area contributed by atoms with Gasteiger partial charge in [0.25, 0.3) is 0 Å². The van der Waals surface area contributed by atoms with Crippen molar-refractivity contribution in [2.45, 2.75) is 45.3 Å². The maximum atomic E-state index is 6.68. The average Bonchev–Trinajstić information content (AvgIpc) is 2.57. The van der Waals surface area contributed by atoms with Gasteiger partial charge in [0, 0.05) is 0 Å². The zero-order chi connectivity index (χ0) is 14.7. The van der Waals surface area contributed by atoms with Gasteiger partial charge in [0.05, 0.1) is 7.85 Å². The Morgan fingerprint density at radius 3 is 2.05 bits per heavy atom. The van der Waals surface area contributed by atoms with Crippen LogP contribution in [-0.4, -0.2) is 7.85 Å². The van der Waals surface area contributed by atoms with Gasteiger partial charge in [-0.05, 0) is 45.5 Å². The molecule has 0 saturated carbocycles. The number of fused-ring (bicyclic) bond motifs is 3. The Kier molecular flexibility index (Phi) is 2.70. The van der Waals surface area contributed by atoms with Crippen molar-refractivity contribution in [3.8, 4) is 11.1 Å². The molecule has 0 amide bonds. The largest absolute Gasteiger partial charge is 0.0871 e. The van der Waals surface area contributed by atoms with Crippen molar-refractivity contribution < 1.29 is 0 Å². The lowest BCUT2D eigenvalue weighted by molar-refractivity contribution is 0.588. The first-order chi connectivity index (χ1) is 9.21. The molecule has 0 bridgehead atoms. The van der Waals surface area contributed by atoms with Crippen LogP contribution in [0, 0.1) is 6.92 Å². The second kappa shape index (κ2) is 4.01. The summed E-state index contributed by atoms with van der Waals surface area (Å²) >= 11 is 0. The molecule has 3 rings (SSSR count). The van der Waals surface area contributed by atoms with Crippen molar-refractivity contribution in [1.82, 2.24) is 0 Å². The van der Waals surface area contributed by atoms with E-state index in [1.807, 2.05) is 0 Å². The third-order valence-corrected chi connectivity index (χ3v) is 4.47. The molecule has 0 aliphatic heterocycles. The van der Waals surface area contributed by atoms with Gasteiger partial charge in [-0.2, -0.15) is 0 Å². The van der Waals surface area contributed by atoms with Crippen molar-refractivity contribution in [2.75, 3.05) is 0 Å². The van der Waals surface area contributed by atoms with Crippen molar-refractivity contribution in [3.05, 3.63) is 58.7 Å². The van der Waals surface area contributed by atoms with Gasteiger partial charge in [0.1, 0.15) is 0 Å². The van der Waals surface area contributed by atoms with E-state index in [4.69, 9.17) is 7.85 Å². The van der Waals surface area contributed by atoms with Gasteiger partial charge in [-0.15, -0.1) is 0 Å². The molecule has 2 aromatic rings. The third kappa shape index (κ3) is 1.83. The Hall–Kier alpha value is -1.50. The second-order valence-corrected chi connectivity index (χ2v) is 7.26. The van der Waals surface area contributed by atoms with E-state index >= 15 is 0 Å². The predicted octanol–water partition coefficient (Wildman–Crippen LogP) is 4.70. The van der Waals surface area contributed by atoms with Crippen molar-refractivity contribution >= 4 is 7.85 Å². The standard InChI is InChI=1S/C19H21B/c1-12-6-8-14-15-9-7-13(18(2,3)4)11-17(15)19(5,20)16(14)10-12/h6-11H,1-5H3. The van der Waals surface area contributed by atoms with Crippen LogP contribution >= 0.6 is 0 Å². The molecule has 0 N–H and O–H groups in total. The summed E-state index contributed by atoms with van der Waals surface area (Å²) in [6.07, 6.45) is 0. The van der Waals surface area contributed by atoms with Gasteiger partial charge in [-0.25, -0.2) is 0 Å². The van der Waals surface area contributed by atoms with E-state index in [2.05, 4.69) is 71.0 Å². The molecular weight excluding hydrogens is 239 g/mol. The normalized spacial score (nSPS) is 20.6. The van der Waals surface area contributed by atoms with Crippen LogP contribution in [0.2, 0.25) is 0 Å². The molecule has 0 nitrogen and oxygen atoms in total. The Bertz CT molecular complexity index is 687. The molecule has 20 heavy (non-hydrogen) atoms. The molecule has 0 spiro atoms. The molecule has 2 aromatic carbocycles. The monoisotopic (exact) mass is 260 g/mol. The Morgan fingerprint density at radius 2 is 1.45 bits per heavy atom. The third-order valence-electron chi connectivity index (χ3n) is 4.47. The highest BCUT2D eigenvalue weighted by molar-refractivity contribution is 6.21. The van der Waals surface area contributed by atoms with Crippen LogP contribution in [0.15, 0.2) is 36.4 Å². The van der Waals surface area contributed by atoms with Gasteiger partial charge in [0.2, 0.25) is 0 Å². The second-order valence-electron chi connectivity index (χ2n) is 7.26. The van der Waals surface area contributed by atoms with Crippen molar-refractivity contribution in [1.29, 1.82) is 0 Å². The number of rotatable bonds is 0. The number of aryl methyl sites for hydroxylation is 1. The lowest BCUT2D eigenvalue weighted by atomic mass is 9.63. The number of benzene rings is 2. The topological polar surface area (TPSA) is 0 Å². The van der Waals surface area contributed by atoms with Crippen LogP contribution in [0.4, 0.5) is 0 Å². The quantitative estimate of drug-likeness (QED) is 0.602. The summed E-state index contributed by atoms with van der Waals surface area (Å²) < 4.78 is 0. The molecule has 2 radical (unpaired) electrons. The highest BCUT2D eigenvalue weighted by Gasteiger charge is 2.35. The summed E-state index contributed by atoms with van der Waals surface area (Å²) in [5.74, 6) is 0. The van der Waals surface area contributed by atoms with Crippen LogP contribution in [-0.2, 0) is 10.7 Å². The fourth-order valence-corrected chi connectivity index (χ4v) is 3.14. The summed E-state index contributed by atoms with van der Waals surface area (Å²) in [6.45, 7) is 11.0. The summed E-state index contributed by atoms with van der Waals surface area (Å²) in [6, 6.07) is 13.4. The maximum Gasteiger partial charge on any atom is 0.0871 e. The van der Waals surface area contributed by atoms with Gasteiger partial charge < -0.3 is 0 Å². The van der Waals surface area contributed by atoms with Crippen LogP contribution < -0.4 is 0 Å². The Labute approximate surface area is 123 Å². The number of hydrogen-bond acceptors (Lipinski definition) is 0. The molecule has 0 fully saturated rings. The van der Waals surface area contributed by atoms with E-state index in [-0.39, 0.29) is 5.41 Å². The fraction of sp³-hybridized carbons (Fsp3) is 0.368. The van der Waals surface area contributed by atoms with Crippen molar-refractivity contribution in [2.24, 2.45) is 0 Å². The zero-order valence-electron chi connectivity index (χ0n) is 13.0. The van der Waals surface area contributed by atoms with Gasteiger partial charge in [-0.1, -0.05) is 69.7 Å². The molecule has 100 valence electrons. The molecular formula is C19H21B. The molecule has 1 aliphatic carbocycles. The smallest absolute Gasteiger partial charge is 0.0596 e. The maximum absolute atomic E-state index is 6.68. The lowest BCUT2D eigenvalue weighted by Crippen LogP contribution is -2.21. The molecule has 1 heteroatoms. The van der Waals surface area contributed by atoms with Gasteiger partial charge in [-0.3, -0.25) is 0 Å². The molecule has 0 aromatic heterocycles. The van der Waals surface area contributed by atoms with E-state index in [0.717, 1.165) is 0 Å². The minimum Gasteiger partial charge on any atom is -0.0596 e. The SMILES string of the molecule is [B]C1(C)c2cc(C)ccc2-c2ccc(C(C)(C)C)cc21. The predicted molar refractivity (Wildman–Crippen MR) is 87.5 cm³/mol. The van der Waals surface area contributed by atoms with E-state index in [1.165, 1.54) is 33.4 Å². The highest BCUT2D eigenvalue weighted by Crippen LogP contribution is 2.48. The molecule has 0 saturated heterocycles. The highest BCUT2D eigenvalue weighted by atomic mass is 14.4. The first-order valence-corrected chi connectivity index (χ1v) is 7.26. The minimum atomic E-state index is -0.391. The fourth-order valence-electron chi connectivity index (χ4n) is 3.14. The van der Waals surface area contributed by atoms with Gasteiger partial charge in [0.15, 0.2) is 0 Å². The van der Waals surface area contributed by atoms with Crippen molar-refractivity contribution in [3.63, 3.8) is 0 Å². The lowest BCUT2D eigenvalue weighted by Gasteiger charge is -2.25. The van der Waals surface area contributed by atoms with Crippen LogP contribution in [0.1, 0.15) is 49.9 Å². The van der Waals surface area contributed by atoms with Crippen LogP contribution in [0.3, 0.4) is 0 Å². The summed E-state index contributed by atoms with van der Waals surface area (Å²) in [4.78, 5) is 0. The first-order valence-electron chi connectivity index (χ1n) is 7.26. The van der Waals surface area contributed by atoms with E-state index in [9.17, 15) is 0 Å². The Morgan fingerprint density at radius 1 is 0.900 bits per heavy atom. The summed E-state index contributed by atoms with van der Waals surface area (Å²) in [5, 5.41) is -0.391. The minimum absolute atomic E-state index is 0.149. The molecule has 1 aliphatic rings. The van der Waals surface area contributed by atoms with E-state index < -0.39 is 5.31 Å². The van der Waals surface area contributed by atoms with Crippen LogP contribution in [0.25, 0.3) is 11.1 Å². The summed E-state index contributed by atoms with van der Waals surface area (Å²) in [5.41, 5.74) is 7.84. The zero-order valence-corrected chi connectivity index (χ0v) is 13.0. The Balaban J connectivity index is 2.27.